The number of benzene rings is 1. The van der Waals surface area contributed by atoms with E-state index >= 15 is 0 Å². The fraction of sp³-hybridized carbons (Fsp3) is 0.571. The van der Waals surface area contributed by atoms with Crippen molar-refractivity contribution in [3.05, 3.63) is 23.8 Å². The summed E-state index contributed by atoms with van der Waals surface area (Å²) in [5, 5.41) is 19.2. The van der Waals surface area contributed by atoms with Gasteiger partial charge in [-0.15, -0.1) is 0 Å². The van der Waals surface area contributed by atoms with Crippen LogP contribution in [0.2, 0.25) is 0 Å². The number of hydrogen-bond acceptors (Lipinski definition) is 4. The Hall–Kier alpha value is -1.26. The molecule has 2 unspecified atom stereocenters. The summed E-state index contributed by atoms with van der Waals surface area (Å²) < 4.78 is 11.4. The number of aliphatic hydroxyl groups is 2. The van der Waals surface area contributed by atoms with Gasteiger partial charge < -0.3 is 19.7 Å². The van der Waals surface area contributed by atoms with Gasteiger partial charge in [0.15, 0.2) is 11.5 Å². The third-order valence-corrected chi connectivity index (χ3v) is 3.22. The maximum absolute atomic E-state index is 9.81. The van der Waals surface area contributed by atoms with Crippen molar-refractivity contribution in [2.45, 2.75) is 45.0 Å². The molecule has 2 atom stereocenters. The molecular weight excluding hydrogens is 232 g/mol. The van der Waals surface area contributed by atoms with Crippen LogP contribution < -0.4 is 9.47 Å². The lowest BCUT2D eigenvalue weighted by Crippen LogP contribution is -2.26. The van der Waals surface area contributed by atoms with E-state index in [1.807, 2.05) is 19.1 Å². The van der Waals surface area contributed by atoms with Crippen molar-refractivity contribution in [2.75, 3.05) is 6.61 Å². The molecule has 4 heteroatoms. The van der Waals surface area contributed by atoms with E-state index in [0.29, 0.717) is 23.7 Å². The van der Waals surface area contributed by atoms with Crippen molar-refractivity contribution < 1.29 is 19.7 Å². The van der Waals surface area contributed by atoms with E-state index in [-0.39, 0.29) is 12.7 Å². The molecule has 0 aliphatic heterocycles. The summed E-state index contributed by atoms with van der Waals surface area (Å²) in [4.78, 5) is 0. The summed E-state index contributed by atoms with van der Waals surface area (Å²) in [5.41, 5.74) is 0.694. The zero-order chi connectivity index (χ0) is 13.0. The monoisotopic (exact) mass is 252 g/mol. The third kappa shape index (κ3) is 2.76. The first kappa shape index (κ1) is 13.2. The van der Waals surface area contributed by atoms with Crippen LogP contribution in [0, 0.1) is 0 Å². The third-order valence-electron chi connectivity index (χ3n) is 3.22. The van der Waals surface area contributed by atoms with Gasteiger partial charge in [0.05, 0.1) is 19.3 Å². The molecule has 0 bridgehead atoms. The molecule has 2 N–H and O–H groups in total. The fourth-order valence-corrected chi connectivity index (χ4v) is 2.28. The maximum Gasteiger partial charge on any atom is 0.167 e. The standard InChI is InChI=1S/C14H20O4/c1-2-17-13-8-3-5-10(9-15)14(13)18-12-7-4-6-11(12)16/h3,5,8,11-12,15-16H,2,4,6-7,9H2,1H3. The summed E-state index contributed by atoms with van der Waals surface area (Å²) in [5.74, 6) is 1.19. The number of aliphatic hydroxyl groups excluding tert-OH is 2. The highest BCUT2D eigenvalue weighted by Gasteiger charge is 2.28. The average molecular weight is 252 g/mol. The molecule has 1 saturated carbocycles. The summed E-state index contributed by atoms with van der Waals surface area (Å²) in [6.45, 7) is 2.34. The van der Waals surface area contributed by atoms with Gasteiger partial charge in [-0.25, -0.2) is 0 Å². The zero-order valence-corrected chi connectivity index (χ0v) is 10.6. The molecule has 0 heterocycles. The Morgan fingerprint density at radius 3 is 2.78 bits per heavy atom. The highest BCUT2D eigenvalue weighted by atomic mass is 16.5. The van der Waals surface area contributed by atoms with Crippen molar-refractivity contribution in [3.63, 3.8) is 0 Å². The minimum absolute atomic E-state index is 0.0982. The van der Waals surface area contributed by atoms with Crippen LogP contribution in [0.5, 0.6) is 11.5 Å². The summed E-state index contributed by atoms with van der Waals surface area (Å²) >= 11 is 0. The molecule has 0 spiro atoms. The predicted octanol–water partition coefficient (Wildman–Crippen LogP) is 1.87. The first-order valence-corrected chi connectivity index (χ1v) is 6.46. The zero-order valence-electron chi connectivity index (χ0n) is 10.6. The molecule has 4 nitrogen and oxygen atoms in total. The van der Waals surface area contributed by atoms with Gasteiger partial charge in [-0.05, 0) is 32.3 Å². The molecule has 1 fully saturated rings. The molecule has 1 aromatic rings. The minimum atomic E-state index is -0.425. The second-order valence-electron chi connectivity index (χ2n) is 4.49. The van der Waals surface area contributed by atoms with E-state index in [0.717, 1.165) is 19.3 Å². The van der Waals surface area contributed by atoms with Gasteiger partial charge in [-0.2, -0.15) is 0 Å². The molecule has 100 valence electrons. The van der Waals surface area contributed by atoms with E-state index in [1.165, 1.54) is 0 Å². The number of rotatable bonds is 5. The van der Waals surface area contributed by atoms with Crippen LogP contribution in [-0.2, 0) is 6.61 Å². The van der Waals surface area contributed by atoms with E-state index in [4.69, 9.17) is 9.47 Å². The second-order valence-corrected chi connectivity index (χ2v) is 4.49. The quantitative estimate of drug-likeness (QED) is 0.840. The highest BCUT2D eigenvalue weighted by Crippen LogP contribution is 2.35. The normalized spacial score (nSPS) is 23.1. The van der Waals surface area contributed by atoms with Gasteiger partial charge in [0.1, 0.15) is 6.10 Å². The van der Waals surface area contributed by atoms with Crippen LogP contribution in [0.3, 0.4) is 0 Å². The van der Waals surface area contributed by atoms with Crippen LogP contribution in [0.25, 0.3) is 0 Å². The molecule has 0 saturated heterocycles. The molecule has 1 aromatic carbocycles. The van der Waals surface area contributed by atoms with Gasteiger partial charge >= 0.3 is 0 Å². The van der Waals surface area contributed by atoms with Crippen LogP contribution in [0.1, 0.15) is 31.7 Å². The largest absolute Gasteiger partial charge is 0.490 e. The molecule has 1 aliphatic carbocycles. The topological polar surface area (TPSA) is 58.9 Å². The lowest BCUT2D eigenvalue weighted by molar-refractivity contribution is 0.0566. The van der Waals surface area contributed by atoms with Crippen molar-refractivity contribution in [2.24, 2.45) is 0 Å². The van der Waals surface area contributed by atoms with Crippen LogP contribution >= 0.6 is 0 Å². The number of hydrogen-bond donors (Lipinski definition) is 2. The Kier molecular flexibility index (Phi) is 4.44. The Morgan fingerprint density at radius 2 is 2.17 bits per heavy atom. The Bertz CT molecular complexity index is 391. The lowest BCUT2D eigenvalue weighted by Gasteiger charge is -2.21. The Balaban J connectivity index is 2.22. The second kappa shape index (κ2) is 6.07. The smallest absolute Gasteiger partial charge is 0.167 e. The maximum atomic E-state index is 9.81. The van der Waals surface area contributed by atoms with E-state index < -0.39 is 6.10 Å². The first-order chi connectivity index (χ1) is 8.76. The van der Waals surface area contributed by atoms with E-state index in [1.54, 1.807) is 6.07 Å². The van der Waals surface area contributed by atoms with E-state index in [2.05, 4.69) is 0 Å². The first-order valence-electron chi connectivity index (χ1n) is 6.46. The number of para-hydroxylation sites is 1. The summed E-state index contributed by atoms with van der Waals surface area (Å²) in [6, 6.07) is 5.45. The van der Waals surface area contributed by atoms with E-state index in [9.17, 15) is 10.2 Å². The van der Waals surface area contributed by atoms with Gasteiger partial charge in [0.2, 0.25) is 0 Å². The average Bonchev–Trinajstić information content (AvgIpc) is 2.77. The van der Waals surface area contributed by atoms with Crippen molar-refractivity contribution in [3.8, 4) is 11.5 Å². The van der Waals surface area contributed by atoms with Gasteiger partial charge in [0.25, 0.3) is 0 Å². The van der Waals surface area contributed by atoms with Crippen molar-refractivity contribution in [1.29, 1.82) is 0 Å². The molecule has 1 aliphatic rings. The summed E-state index contributed by atoms with van der Waals surface area (Å²) in [7, 11) is 0. The Labute approximate surface area is 107 Å². The summed E-state index contributed by atoms with van der Waals surface area (Å²) in [6.07, 6.45) is 1.96. The molecule has 0 aromatic heterocycles. The Morgan fingerprint density at radius 1 is 1.33 bits per heavy atom. The van der Waals surface area contributed by atoms with Crippen molar-refractivity contribution in [1.82, 2.24) is 0 Å². The fourth-order valence-electron chi connectivity index (χ4n) is 2.28. The lowest BCUT2D eigenvalue weighted by atomic mass is 10.2. The highest BCUT2D eigenvalue weighted by molar-refractivity contribution is 5.46. The van der Waals surface area contributed by atoms with Crippen LogP contribution in [0.4, 0.5) is 0 Å². The molecule has 0 radical (unpaired) electrons. The van der Waals surface area contributed by atoms with Gasteiger partial charge in [0, 0.05) is 5.56 Å². The SMILES string of the molecule is CCOc1cccc(CO)c1OC1CCCC1O. The molecular formula is C14H20O4. The van der Waals surface area contributed by atoms with Crippen LogP contribution in [0.15, 0.2) is 18.2 Å². The number of ether oxygens (including phenoxy) is 2. The molecule has 0 amide bonds. The molecule has 2 rings (SSSR count). The van der Waals surface area contributed by atoms with Crippen molar-refractivity contribution >= 4 is 0 Å². The predicted molar refractivity (Wildman–Crippen MR) is 67.8 cm³/mol. The minimum Gasteiger partial charge on any atom is -0.490 e. The van der Waals surface area contributed by atoms with Crippen LogP contribution in [-0.4, -0.2) is 29.0 Å². The molecule has 18 heavy (non-hydrogen) atoms. The van der Waals surface area contributed by atoms with Gasteiger partial charge in [-0.3, -0.25) is 0 Å². The van der Waals surface area contributed by atoms with Gasteiger partial charge in [-0.1, -0.05) is 12.1 Å².